The van der Waals surface area contributed by atoms with Crippen LogP contribution in [0.4, 0.5) is 0 Å². The molecule has 0 unspecified atom stereocenters. The molecule has 160 valence electrons. The van der Waals surface area contributed by atoms with Gasteiger partial charge in [-0.3, -0.25) is 15.0 Å². The number of nitrogens with one attached hydrogen (secondary N) is 1. The van der Waals surface area contributed by atoms with Crippen molar-refractivity contribution in [3.8, 4) is 5.75 Å². The highest BCUT2D eigenvalue weighted by molar-refractivity contribution is 7.16. The number of carbonyl (C=O) groups is 1. The van der Waals surface area contributed by atoms with E-state index in [0.29, 0.717) is 33.6 Å². The number of hydrogen-bond acceptors (Lipinski definition) is 8. The summed E-state index contributed by atoms with van der Waals surface area (Å²) in [5.74, 6) is 0.869. The summed E-state index contributed by atoms with van der Waals surface area (Å²) in [5, 5.41) is 14.3. The van der Waals surface area contributed by atoms with E-state index in [0.717, 1.165) is 5.01 Å². The van der Waals surface area contributed by atoms with Gasteiger partial charge < -0.3 is 9.57 Å². The van der Waals surface area contributed by atoms with Gasteiger partial charge in [-0.15, -0.1) is 5.06 Å². The molecule has 4 heterocycles. The molecule has 0 atom stereocenters. The second-order valence-electron chi connectivity index (χ2n) is 7.08. The van der Waals surface area contributed by atoms with E-state index in [1.54, 1.807) is 43.3 Å². The number of hydrogen-bond donors (Lipinski definition) is 1. The molecule has 0 fully saturated rings. The molecule has 2 aromatic heterocycles. The number of allylic oxidation sites excluding steroid dienone is 1. The van der Waals surface area contributed by atoms with Crippen molar-refractivity contribution in [2.24, 2.45) is 4.99 Å². The van der Waals surface area contributed by atoms with E-state index in [2.05, 4.69) is 15.1 Å². The van der Waals surface area contributed by atoms with Gasteiger partial charge in [-0.2, -0.15) is 14.6 Å². The molecule has 3 aromatic rings. The van der Waals surface area contributed by atoms with Gasteiger partial charge in [-0.1, -0.05) is 23.5 Å². The zero-order valence-corrected chi connectivity index (χ0v) is 17.8. The zero-order chi connectivity index (χ0) is 22.4. The molecule has 1 aromatic carbocycles. The van der Waals surface area contributed by atoms with Crippen molar-refractivity contribution < 1.29 is 14.4 Å². The van der Waals surface area contributed by atoms with Crippen molar-refractivity contribution in [1.82, 2.24) is 19.7 Å². The number of benzene rings is 1. The summed E-state index contributed by atoms with van der Waals surface area (Å²) in [6.07, 6.45) is 3.18. The molecule has 0 radical (unpaired) electrons. The minimum Gasteiger partial charge on any atom is -0.487 e. The number of aliphatic imine (C=N–C) groups is 1. The van der Waals surface area contributed by atoms with Gasteiger partial charge in [0.1, 0.15) is 23.1 Å². The van der Waals surface area contributed by atoms with E-state index >= 15 is 0 Å². The Balaban J connectivity index is 1.30. The molecule has 0 spiro atoms. The normalized spacial score (nSPS) is 16.8. The Labute approximate surface area is 185 Å². The Morgan fingerprint density at radius 2 is 2.00 bits per heavy atom. The molecule has 2 aliphatic heterocycles. The summed E-state index contributed by atoms with van der Waals surface area (Å²) in [6.45, 7) is 3.67. The van der Waals surface area contributed by atoms with E-state index in [9.17, 15) is 9.59 Å². The lowest BCUT2D eigenvalue weighted by molar-refractivity contribution is -0.114. The third kappa shape index (κ3) is 3.58. The number of amides is 1. The number of aromatic nitrogens is 3. The van der Waals surface area contributed by atoms with Crippen molar-refractivity contribution in [1.29, 1.82) is 5.41 Å². The minimum atomic E-state index is -0.498. The monoisotopic (exact) mass is 448 g/mol. The largest absolute Gasteiger partial charge is 0.487 e. The van der Waals surface area contributed by atoms with E-state index < -0.39 is 5.91 Å². The third-order valence-electron chi connectivity index (χ3n) is 4.66. The summed E-state index contributed by atoms with van der Waals surface area (Å²) < 4.78 is 7.02. The van der Waals surface area contributed by atoms with Crippen molar-refractivity contribution >= 4 is 40.0 Å². The Bertz CT molecular complexity index is 1430. The summed E-state index contributed by atoms with van der Waals surface area (Å²) in [6, 6.07) is 8.39. The molecule has 10 nitrogen and oxygen atoms in total. The number of hydroxylamine groups is 2. The molecule has 1 amide bonds. The standard InChI is InChI=1S/C21H16N6O4S/c1-11-7-17-24-20(29)16(19(22)27(17)31-11)8-13-3-5-15(6-4-13)30-10-14-9-18(28)26-21(23-14)32-12(2)25-26/h3-9,22H,10H2,1-2H3/b16-8+,22-19?. The zero-order valence-electron chi connectivity index (χ0n) is 17.0. The molecule has 0 saturated carbocycles. The molecule has 1 N–H and O–H groups in total. The van der Waals surface area contributed by atoms with Crippen molar-refractivity contribution in [3.63, 3.8) is 0 Å². The fraction of sp³-hybridized carbons (Fsp3) is 0.143. The van der Waals surface area contributed by atoms with Gasteiger partial charge in [0.15, 0.2) is 11.7 Å². The third-order valence-corrected chi connectivity index (χ3v) is 5.48. The van der Waals surface area contributed by atoms with Crippen molar-refractivity contribution in [2.75, 3.05) is 0 Å². The highest BCUT2D eigenvalue weighted by Gasteiger charge is 2.34. The first kappa shape index (κ1) is 19.8. The maximum Gasteiger partial charge on any atom is 0.282 e. The van der Waals surface area contributed by atoms with Crippen LogP contribution in [-0.2, 0) is 16.2 Å². The predicted molar refractivity (Wildman–Crippen MR) is 117 cm³/mol. The average Bonchev–Trinajstić information content (AvgIpc) is 3.32. The summed E-state index contributed by atoms with van der Waals surface area (Å²) in [7, 11) is 0. The number of ether oxygens (including phenoxy) is 1. The van der Waals surface area contributed by atoms with Crippen LogP contribution in [0, 0.1) is 12.3 Å². The van der Waals surface area contributed by atoms with Crippen LogP contribution in [0.2, 0.25) is 0 Å². The lowest BCUT2D eigenvalue weighted by Crippen LogP contribution is -2.38. The van der Waals surface area contributed by atoms with Crippen LogP contribution < -0.4 is 10.3 Å². The van der Waals surface area contributed by atoms with E-state index in [4.69, 9.17) is 15.0 Å². The van der Waals surface area contributed by atoms with Gasteiger partial charge in [0, 0.05) is 12.1 Å². The number of amidine groups is 2. The topological polar surface area (TPSA) is 122 Å². The Morgan fingerprint density at radius 1 is 1.22 bits per heavy atom. The van der Waals surface area contributed by atoms with Gasteiger partial charge >= 0.3 is 0 Å². The molecule has 32 heavy (non-hydrogen) atoms. The summed E-state index contributed by atoms with van der Waals surface area (Å²) >= 11 is 1.34. The van der Waals surface area contributed by atoms with Gasteiger partial charge in [0.05, 0.1) is 11.3 Å². The maximum atomic E-state index is 12.3. The van der Waals surface area contributed by atoms with E-state index in [1.807, 2.05) is 6.92 Å². The molecule has 5 rings (SSSR count). The molecule has 0 bridgehead atoms. The second kappa shape index (κ2) is 7.54. The van der Waals surface area contributed by atoms with Gasteiger partial charge in [-0.25, -0.2) is 4.98 Å². The van der Waals surface area contributed by atoms with Crippen molar-refractivity contribution in [2.45, 2.75) is 20.5 Å². The summed E-state index contributed by atoms with van der Waals surface area (Å²) in [4.78, 5) is 38.8. The quantitative estimate of drug-likeness (QED) is 0.609. The number of aryl methyl sites for hydroxylation is 1. The highest BCUT2D eigenvalue weighted by Crippen LogP contribution is 2.24. The maximum absolute atomic E-state index is 12.3. The average molecular weight is 448 g/mol. The van der Waals surface area contributed by atoms with Crippen LogP contribution in [0.3, 0.4) is 0 Å². The van der Waals surface area contributed by atoms with Crippen LogP contribution in [-0.4, -0.2) is 37.2 Å². The number of nitrogens with zero attached hydrogens (tertiary/aromatic N) is 5. The fourth-order valence-electron chi connectivity index (χ4n) is 3.21. The Kier molecular flexibility index (Phi) is 4.67. The molecule has 11 heteroatoms. The molecular weight excluding hydrogens is 432 g/mol. The van der Waals surface area contributed by atoms with Crippen LogP contribution in [0.25, 0.3) is 11.0 Å². The van der Waals surface area contributed by atoms with Crippen LogP contribution in [0.15, 0.2) is 57.5 Å². The van der Waals surface area contributed by atoms with Gasteiger partial charge in [-0.05, 0) is 37.6 Å². The highest BCUT2D eigenvalue weighted by atomic mass is 32.1. The van der Waals surface area contributed by atoms with Crippen molar-refractivity contribution in [3.05, 3.63) is 74.4 Å². The first-order valence-corrected chi connectivity index (χ1v) is 10.4. The van der Waals surface area contributed by atoms with E-state index in [-0.39, 0.29) is 23.6 Å². The van der Waals surface area contributed by atoms with Crippen LogP contribution in [0.1, 0.15) is 23.2 Å². The smallest absolute Gasteiger partial charge is 0.282 e. The number of fused-ring (bicyclic) bond motifs is 2. The number of rotatable bonds is 4. The lowest BCUT2D eigenvalue weighted by atomic mass is 10.1. The van der Waals surface area contributed by atoms with Gasteiger partial charge in [0.2, 0.25) is 4.96 Å². The fourth-order valence-corrected chi connectivity index (χ4v) is 3.98. The first-order chi connectivity index (χ1) is 15.4. The van der Waals surface area contributed by atoms with E-state index in [1.165, 1.54) is 27.0 Å². The first-order valence-electron chi connectivity index (χ1n) is 9.57. The Hall–Kier alpha value is -4.12. The second-order valence-corrected chi connectivity index (χ2v) is 8.24. The summed E-state index contributed by atoms with van der Waals surface area (Å²) in [5.41, 5.74) is 1.08. The molecular formula is C21H16N6O4S. The number of carbonyl (C=O) groups excluding carboxylic acids is 1. The molecule has 2 aliphatic rings. The minimum absolute atomic E-state index is 0.0699. The van der Waals surface area contributed by atoms with Crippen LogP contribution in [0.5, 0.6) is 5.75 Å². The lowest BCUT2D eigenvalue weighted by Gasteiger charge is -2.22. The van der Waals surface area contributed by atoms with Crippen LogP contribution >= 0.6 is 11.3 Å². The SMILES string of the molecule is CC1=CC2=NC(=O)/C(=C/c3ccc(OCc4cc(=O)n5nc(C)sc5n4)cc3)C(=N)N2O1. The van der Waals surface area contributed by atoms with Gasteiger partial charge in [0.25, 0.3) is 11.5 Å². The molecule has 0 saturated heterocycles. The predicted octanol–water partition coefficient (Wildman–Crippen LogP) is 2.49. The molecule has 0 aliphatic carbocycles. The Morgan fingerprint density at radius 3 is 2.78 bits per heavy atom.